The van der Waals surface area contributed by atoms with E-state index in [9.17, 15) is 4.79 Å². The van der Waals surface area contributed by atoms with Gasteiger partial charge in [-0.1, -0.05) is 18.5 Å². The van der Waals surface area contributed by atoms with Crippen molar-refractivity contribution in [3.05, 3.63) is 35.0 Å². The maximum Gasteiger partial charge on any atom is 0.262 e. The smallest absolute Gasteiger partial charge is 0.262 e. The summed E-state index contributed by atoms with van der Waals surface area (Å²) in [6, 6.07) is 6.74. The van der Waals surface area contributed by atoms with E-state index in [1.54, 1.807) is 24.3 Å². The Bertz CT molecular complexity index is 838. The third-order valence-corrected chi connectivity index (χ3v) is 4.91. The lowest BCUT2D eigenvalue weighted by Gasteiger charge is -2.30. The van der Waals surface area contributed by atoms with Gasteiger partial charge in [-0.3, -0.25) is 4.79 Å². The third-order valence-electron chi connectivity index (χ3n) is 4.67. The average molecular weight is 405 g/mol. The van der Waals surface area contributed by atoms with E-state index in [0.717, 1.165) is 37.5 Å². The number of nitrogens with zero attached hydrogens (tertiary/aromatic N) is 3. The molecule has 7 nitrogen and oxygen atoms in total. The summed E-state index contributed by atoms with van der Waals surface area (Å²) in [6.45, 7) is 5.83. The molecule has 1 aliphatic rings. The second kappa shape index (κ2) is 9.10. The predicted octanol–water partition coefficient (Wildman–Crippen LogP) is 3.70. The number of halogens is 1. The quantitative estimate of drug-likeness (QED) is 0.791. The number of carbonyl (C=O) groups excluding carboxylic acids is 1. The van der Waals surface area contributed by atoms with Crippen LogP contribution in [-0.2, 0) is 4.79 Å². The molecule has 0 radical (unpaired) electrons. The molecule has 1 saturated heterocycles. The molecule has 28 heavy (non-hydrogen) atoms. The Balaban J connectivity index is 1.63. The number of benzene rings is 1. The highest BCUT2D eigenvalue weighted by atomic mass is 35.5. The fourth-order valence-electron chi connectivity index (χ4n) is 3.05. The Morgan fingerprint density at radius 1 is 1.29 bits per heavy atom. The highest BCUT2D eigenvalue weighted by Crippen LogP contribution is 2.27. The van der Waals surface area contributed by atoms with E-state index in [2.05, 4.69) is 27.1 Å². The van der Waals surface area contributed by atoms with Gasteiger partial charge in [0.2, 0.25) is 11.8 Å². The first kappa shape index (κ1) is 20.2. The molecule has 0 atom stereocenters. The molecular formula is C20H25ClN4O3. The normalized spacial score (nSPS) is 14.6. The number of aromatic nitrogens is 2. The third kappa shape index (κ3) is 5.25. The monoisotopic (exact) mass is 404 g/mol. The Morgan fingerprint density at radius 2 is 2.04 bits per heavy atom. The minimum atomic E-state index is -0.329. The van der Waals surface area contributed by atoms with Crippen molar-refractivity contribution in [3.8, 4) is 11.6 Å². The Kier molecular flexibility index (Phi) is 6.57. The number of rotatable bonds is 6. The second-order valence-electron chi connectivity index (χ2n) is 7.00. The van der Waals surface area contributed by atoms with Crippen molar-refractivity contribution in [2.24, 2.45) is 5.92 Å². The lowest BCUT2D eigenvalue weighted by Crippen LogP contribution is -2.34. The molecule has 0 spiro atoms. The number of carbonyl (C=O) groups is 1. The van der Waals surface area contributed by atoms with Gasteiger partial charge in [0.25, 0.3) is 5.91 Å². The first-order valence-electron chi connectivity index (χ1n) is 9.31. The van der Waals surface area contributed by atoms with Crippen LogP contribution in [0.3, 0.4) is 0 Å². The summed E-state index contributed by atoms with van der Waals surface area (Å²) in [5.74, 6) is 1.96. The van der Waals surface area contributed by atoms with E-state index in [1.165, 1.54) is 7.11 Å². The van der Waals surface area contributed by atoms with Crippen LogP contribution in [0.5, 0.6) is 11.6 Å². The van der Waals surface area contributed by atoms with Gasteiger partial charge in [-0.15, -0.1) is 0 Å². The number of aryl methyl sites for hydroxylation is 1. The largest absolute Gasteiger partial charge is 0.495 e. The van der Waals surface area contributed by atoms with Crippen LogP contribution in [-0.4, -0.2) is 42.7 Å². The highest BCUT2D eigenvalue weighted by Gasteiger charge is 2.19. The van der Waals surface area contributed by atoms with Gasteiger partial charge >= 0.3 is 0 Å². The molecule has 1 aliphatic heterocycles. The summed E-state index contributed by atoms with van der Waals surface area (Å²) in [5, 5.41) is 3.25. The fraction of sp³-hybridized carbons (Fsp3) is 0.450. The van der Waals surface area contributed by atoms with Crippen molar-refractivity contribution in [1.82, 2.24) is 9.97 Å². The fourth-order valence-corrected chi connectivity index (χ4v) is 3.22. The molecule has 2 heterocycles. The van der Waals surface area contributed by atoms with Gasteiger partial charge in [-0.25, -0.2) is 4.98 Å². The second-order valence-corrected chi connectivity index (χ2v) is 7.44. The van der Waals surface area contributed by atoms with Crippen LogP contribution < -0.4 is 19.7 Å². The van der Waals surface area contributed by atoms with E-state index in [1.807, 2.05) is 6.92 Å². The molecule has 0 unspecified atom stereocenters. The van der Waals surface area contributed by atoms with Gasteiger partial charge < -0.3 is 19.7 Å². The SMILES string of the molecule is COc1ccc(Cl)cc1NC(=O)COc1cc(C)nc(N2CCC(C)CC2)n1. The zero-order chi connectivity index (χ0) is 20.1. The summed E-state index contributed by atoms with van der Waals surface area (Å²) >= 11 is 5.99. The van der Waals surface area contributed by atoms with Crippen molar-refractivity contribution in [2.45, 2.75) is 26.7 Å². The number of methoxy groups -OCH3 is 1. The standard InChI is InChI=1S/C20H25ClN4O3/c1-13-6-8-25(9-7-13)20-22-14(2)10-19(24-20)28-12-18(26)23-16-11-15(21)4-5-17(16)27-3/h4-5,10-11,13H,6-9,12H2,1-3H3,(H,23,26). The van der Waals surface area contributed by atoms with Gasteiger partial charge in [0.15, 0.2) is 6.61 Å². The molecular weight excluding hydrogens is 380 g/mol. The summed E-state index contributed by atoms with van der Waals surface area (Å²) in [4.78, 5) is 23.4. The van der Waals surface area contributed by atoms with Gasteiger partial charge in [-0.05, 0) is 43.9 Å². The van der Waals surface area contributed by atoms with Crippen LogP contribution in [0.15, 0.2) is 24.3 Å². The van der Waals surface area contributed by atoms with Crippen molar-refractivity contribution < 1.29 is 14.3 Å². The maximum absolute atomic E-state index is 12.3. The Morgan fingerprint density at radius 3 is 2.75 bits per heavy atom. The van der Waals surface area contributed by atoms with Crippen LogP contribution in [0.2, 0.25) is 5.02 Å². The Hall–Kier alpha value is -2.54. The van der Waals surface area contributed by atoms with Gasteiger partial charge in [0.1, 0.15) is 5.75 Å². The van der Waals surface area contributed by atoms with Crippen molar-refractivity contribution in [1.29, 1.82) is 0 Å². The molecule has 0 saturated carbocycles. The van der Waals surface area contributed by atoms with E-state index < -0.39 is 0 Å². The van der Waals surface area contributed by atoms with Crippen LogP contribution >= 0.6 is 11.6 Å². The van der Waals surface area contributed by atoms with Gasteiger partial charge in [0, 0.05) is 29.9 Å². The molecule has 0 bridgehead atoms. The van der Waals surface area contributed by atoms with E-state index in [-0.39, 0.29) is 12.5 Å². The van der Waals surface area contributed by atoms with Crippen molar-refractivity contribution >= 4 is 29.1 Å². The van der Waals surface area contributed by atoms with E-state index in [0.29, 0.717) is 28.3 Å². The van der Waals surface area contributed by atoms with Crippen molar-refractivity contribution in [2.75, 3.05) is 37.0 Å². The molecule has 8 heteroatoms. The zero-order valence-electron chi connectivity index (χ0n) is 16.4. The first-order valence-corrected chi connectivity index (χ1v) is 9.69. The van der Waals surface area contributed by atoms with Crippen LogP contribution in [0.25, 0.3) is 0 Å². The molecule has 1 aromatic heterocycles. The van der Waals surface area contributed by atoms with Crippen LogP contribution in [0.4, 0.5) is 11.6 Å². The molecule has 1 fully saturated rings. The maximum atomic E-state index is 12.3. The number of piperidine rings is 1. The molecule has 150 valence electrons. The number of hydrogen-bond donors (Lipinski definition) is 1. The molecule has 3 rings (SSSR count). The van der Waals surface area contributed by atoms with Crippen molar-refractivity contribution in [3.63, 3.8) is 0 Å². The minimum absolute atomic E-state index is 0.178. The average Bonchev–Trinajstić information content (AvgIpc) is 2.67. The minimum Gasteiger partial charge on any atom is -0.495 e. The number of ether oxygens (including phenoxy) is 2. The summed E-state index contributed by atoms with van der Waals surface area (Å²) < 4.78 is 10.8. The molecule has 1 amide bonds. The number of amides is 1. The summed E-state index contributed by atoms with van der Waals surface area (Å²) in [5.41, 5.74) is 1.29. The lowest BCUT2D eigenvalue weighted by atomic mass is 10.00. The van der Waals surface area contributed by atoms with Crippen LogP contribution in [0, 0.1) is 12.8 Å². The highest BCUT2D eigenvalue weighted by molar-refractivity contribution is 6.31. The molecule has 0 aliphatic carbocycles. The molecule has 1 N–H and O–H groups in total. The predicted molar refractivity (Wildman–Crippen MR) is 110 cm³/mol. The Labute approximate surface area is 170 Å². The van der Waals surface area contributed by atoms with Gasteiger partial charge in [-0.2, -0.15) is 4.98 Å². The summed E-state index contributed by atoms with van der Waals surface area (Å²) in [6.07, 6.45) is 2.24. The summed E-state index contributed by atoms with van der Waals surface area (Å²) in [7, 11) is 1.53. The van der Waals surface area contributed by atoms with E-state index in [4.69, 9.17) is 21.1 Å². The first-order chi connectivity index (χ1) is 13.4. The van der Waals surface area contributed by atoms with E-state index >= 15 is 0 Å². The van der Waals surface area contributed by atoms with Crippen LogP contribution in [0.1, 0.15) is 25.5 Å². The topological polar surface area (TPSA) is 76.6 Å². The number of hydrogen-bond acceptors (Lipinski definition) is 6. The number of nitrogens with one attached hydrogen (secondary N) is 1. The molecule has 2 aromatic rings. The number of anilines is 2. The lowest BCUT2D eigenvalue weighted by molar-refractivity contribution is -0.118. The van der Waals surface area contributed by atoms with Gasteiger partial charge in [0.05, 0.1) is 12.8 Å². The zero-order valence-corrected chi connectivity index (χ0v) is 17.1. The molecule has 1 aromatic carbocycles.